The van der Waals surface area contributed by atoms with Gasteiger partial charge in [-0.3, -0.25) is 5.10 Å². The van der Waals surface area contributed by atoms with Crippen LogP contribution in [0.1, 0.15) is 28.4 Å². The van der Waals surface area contributed by atoms with Crippen molar-refractivity contribution in [2.45, 2.75) is 19.3 Å². The van der Waals surface area contributed by atoms with Crippen molar-refractivity contribution in [3.8, 4) is 0 Å². The quantitative estimate of drug-likeness (QED) is 0.843. The first-order valence-corrected chi connectivity index (χ1v) is 5.74. The smallest absolute Gasteiger partial charge is 0.0743 e. The van der Waals surface area contributed by atoms with Crippen molar-refractivity contribution in [2.75, 3.05) is 7.05 Å². The van der Waals surface area contributed by atoms with Crippen LogP contribution in [-0.2, 0) is 18.0 Å². The van der Waals surface area contributed by atoms with E-state index in [0.29, 0.717) is 0 Å². The molecule has 4 nitrogen and oxygen atoms in total. The van der Waals surface area contributed by atoms with E-state index in [1.807, 2.05) is 13.1 Å². The molecule has 3 rings (SSSR count). The summed E-state index contributed by atoms with van der Waals surface area (Å²) in [5.41, 5.74) is 4.91. The van der Waals surface area contributed by atoms with E-state index >= 15 is 0 Å². The van der Waals surface area contributed by atoms with Gasteiger partial charge in [-0.15, -0.1) is 0 Å². The van der Waals surface area contributed by atoms with Crippen LogP contribution in [0.2, 0.25) is 0 Å². The summed E-state index contributed by atoms with van der Waals surface area (Å²) in [7, 11) is 1.95. The largest absolute Gasteiger partial charge is 0.372 e. The predicted molar refractivity (Wildman–Crippen MR) is 64.4 cm³/mol. The molecule has 0 fully saturated rings. The Hall–Kier alpha value is -1.65. The van der Waals surface area contributed by atoms with E-state index in [1.165, 1.54) is 16.7 Å². The molecular weight excluding hydrogens is 214 g/mol. The van der Waals surface area contributed by atoms with E-state index < -0.39 is 0 Å². The van der Waals surface area contributed by atoms with Crippen molar-refractivity contribution in [2.24, 2.45) is 0 Å². The molecule has 0 saturated carbocycles. The Balaban J connectivity index is 1.97. The van der Waals surface area contributed by atoms with Gasteiger partial charge in [0.25, 0.3) is 0 Å². The number of aromatic amines is 1. The maximum atomic E-state index is 5.43. The zero-order chi connectivity index (χ0) is 11.7. The molecule has 2 heterocycles. The molecule has 1 unspecified atom stereocenters. The second-order valence-electron chi connectivity index (χ2n) is 4.25. The SMILES string of the molecule is CNC(c1ccc2c(c1)COC2)c1ccn[nH]1. The Morgan fingerprint density at radius 1 is 1.29 bits per heavy atom. The maximum Gasteiger partial charge on any atom is 0.0743 e. The third kappa shape index (κ3) is 1.85. The van der Waals surface area contributed by atoms with Gasteiger partial charge in [0.1, 0.15) is 0 Å². The summed E-state index contributed by atoms with van der Waals surface area (Å²) in [6.07, 6.45) is 1.77. The minimum atomic E-state index is 0.156. The van der Waals surface area contributed by atoms with Crippen molar-refractivity contribution in [3.05, 3.63) is 52.8 Å². The molecule has 2 aromatic rings. The number of hydrogen-bond acceptors (Lipinski definition) is 3. The van der Waals surface area contributed by atoms with E-state index in [2.05, 4.69) is 33.7 Å². The zero-order valence-electron chi connectivity index (χ0n) is 9.73. The third-order valence-electron chi connectivity index (χ3n) is 3.20. The van der Waals surface area contributed by atoms with Crippen LogP contribution >= 0.6 is 0 Å². The van der Waals surface area contributed by atoms with E-state index in [0.717, 1.165) is 18.9 Å². The van der Waals surface area contributed by atoms with Gasteiger partial charge >= 0.3 is 0 Å². The fraction of sp³-hybridized carbons (Fsp3) is 0.308. The van der Waals surface area contributed by atoms with Crippen LogP contribution < -0.4 is 5.32 Å². The van der Waals surface area contributed by atoms with Crippen molar-refractivity contribution >= 4 is 0 Å². The number of aromatic nitrogens is 2. The summed E-state index contributed by atoms with van der Waals surface area (Å²) in [6, 6.07) is 8.66. The highest BCUT2D eigenvalue weighted by Gasteiger charge is 2.17. The van der Waals surface area contributed by atoms with Gasteiger partial charge in [0.05, 0.1) is 24.9 Å². The predicted octanol–water partition coefficient (Wildman–Crippen LogP) is 1.75. The standard InChI is InChI=1S/C13H15N3O/c1-14-13(12-4-5-15-16-12)9-2-3-10-7-17-8-11(10)6-9/h2-6,13-14H,7-8H2,1H3,(H,15,16). The third-order valence-corrected chi connectivity index (χ3v) is 3.20. The van der Waals surface area contributed by atoms with Crippen molar-refractivity contribution in [1.82, 2.24) is 15.5 Å². The lowest BCUT2D eigenvalue weighted by Gasteiger charge is -2.15. The van der Waals surface area contributed by atoms with Crippen molar-refractivity contribution < 1.29 is 4.74 Å². The summed E-state index contributed by atoms with van der Waals surface area (Å²) >= 11 is 0. The molecule has 0 saturated heterocycles. The molecule has 4 heteroatoms. The topological polar surface area (TPSA) is 49.9 Å². The number of nitrogens with one attached hydrogen (secondary N) is 2. The minimum Gasteiger partial charge on any atom is -0.372 e. The molecule has 1 aliphatic rings. The Bertz CT molecular complexity index is 507. The lowest BCUT2D eigenvalue weighted by Crippen LogP contribution is -2.18. The van der Waals surface area contributed by atoms with Gasteiger partial charge in [-0.25, -0.2) is 0 Å². The van der Waals surface area contributed by atoms with Gasteiger partial charge in [0.15, 0.2) is 0 Å². The Labute approximate surface area is 100 Å². The lowest BCUT2D eigenvalue weighted by molar-refractivity contribution is 0.134. The Kier molecular flexibility index (Phi) is 2.66. The molecule has 0 radical (unpaired) electrons. The van der Waals surface area contributed by atoms with E-state index in [9.17, 15) is 0 Å². The molecule has 0 spiro atoms. The Morgan fingerprint density at radius 2 is 2.18 bits per heavy atom. The fourth-order valence-corrected chi connectivity index (χ4v) is 2.30. The van der Waals surface area contributed by atoms with Crippen LogP contribution in [0.25, 0.3) is 0 Å². The highest BCUT2D eigenvalue weighted by atomic mass is 16.5. The lowest BCUT2D eigenvalue weighted by atomic mass is 9.99. The maximum absolute atomic E-state index is 5.43. The van der Waals surface area contributed by atoms with Gasteiger partial charge < -0.3 is 10.1 Å². The first-order valence-electron chi connectivity index (χ1n) is 5.74. The van der Waals surface area contributed by atoms with Gasteiger partial charge in [-0.1, -0.05) is 18.2 Å². The van der Waals surface area contributed by atoms with Gasteiger partial charge in [0.2, 0.25) is 0 Å². The van der Waals surface area contributed by atoms with Crippen LogP contribution in [0.15, 0.2) is 30.5 Å². The summed E-state index contributed by atoms with van der Waals surface area (Å²) in [5.74, 6) is 0. The average molecular weight is 229 g/mol. The zero-order valence-corrected chi connectivity index (χ0v) is 9.73. The summed E-state index contributed by atoms with van der Waals surface area (Å²) < 4.78 is 5.43. The molecule has 0 bridgehead atoms. The molecule has 17 heavy (non-hydrogen) atoms. The fourth-order valence-electron chi connectivity index (χ4n) is 2.30. The van der Waals surface area contributed by atoms with Crippen molar-refractivity contribution in [1.29, 1.82) is 0 Å². The summed E-state index contributed by atoms with van der Waals surface area (Å²) in [6.45, 7) is 1.46. The minimum absolute atomic E-state index is 0.156. The molecule has 1 aliphatic heterocycles. The van der Waals surface area contributed by atoms with Crippen LogP contribution in [0.5, 0.6) is 0 Å². The normalized spacial score (nSPS) is 15.8. The molecular formula is C13H15N3O. The molecule has 88 valence electrons. The number of fused-ring (bicyclic) bond motifs is 1. The second-order valence-corrected chi connectivity index (χ2v) is 4.25. The molecule has 0 aliphatic carbocycles. The van der Waals surface area contributed by atoms with Gasteiger partial charge in [-0.2, -0.15) is 5.10 Å². The average Bonchev–Trinajstić information content (AvgIpc) is 2.99. The first-order chi connectivity index (χ1) is 8.38. The highest BCUT2D eigenvalue weighted by Crippen LogP contribution is 2.26. The van der Waals surface area contributed by atoms with E-state index in [1.54, 1.807) is 6.20 Å². The summed E-state index contributed by atoms with van der Waals surface area (Å²) in [4.78, 5) is 0. The number of hydrogen-bond donors (Lipinski definition) is 2. The summed E-state index contributed by atoms with van der Waals surface area (Å²) in [5, 5.41) is 10.3. The molecule has 1 aromatic heterocycles. The first kappa shape index (κ1) is 10.5. The van der Waals surface area contributed by atoms with E-state index in [4.69, 9.17) is 4.74 Å². The second kappa shape index (κ2) is 4.31. The van der Waals surface area contributed by atoms with Gasteiger partial charge in [0, 0.05) is 6.20 Å². The number of H-pyrrole nitrogens is 1. The van der Waals surface area contributed by atoms with E-state index in [-0.39, 0.29) is 6.04 Å². The number of rotatable bonds is 3. The molecule has 0 amide bonds. The molecule has 2 N–H and O–H groups in total. The van der Waals surface area contributed by atoms with Crippen LogP contribution in [0.4, 0.5) is 0 Å². The van der Waals surface area contributed by atoms with Crippen LogP contribution in [0.3, 0.4) is 0 Å². The van der Waals surface area contributed by atoms with Crippen LogP contribution in [0, 0.1) is 0 Å². The Morgan fingerprint density at radius 3 is 2.94 bits per heavy atom. The molecule has 1 aromatic carbocycles. The number of ether oxygens (including phenoxy) is 1. The van der Waals surface area contributed by atoms with Crippen molar-refractivity contribution in [3.63, 3.8) is 0 Å². The van der Waals surface area contributed by atoms with Crippen LogP contribution in [-0.4, -0.2) is 17.2 Å². The monoisotopic (exact) mass is 229 g/mol. The highest BCUT2D eigenvalue weighted by molar-refractivity contribution is 5.37. The molecule has 1 atom stereocenters. The number of benzene rings is 1. The van der Waals surface area contributed by atoms with Gasteiger partial charge in [-0.05, 0) is 29.8 Å². The number of nitrogens with zero attached hydrogens (tertiary/aromatic N) is 1.